The van der Waals surface area contributed by atoms with E-state index in [1.165, 1.54) is 6.07 Å². The highest BCUT2D eigenvalue weighted by Crippen LogP contribution is 2.39. The van der Waals surface area contributed by atoms with E-state index in [4.69, 9.17) is 18.6 Å². The first-order valence-electron chi connectivity index (χ1n) is 12.2. The predicted octanol–water partition coefficient (Wildman–Crippen LogP) is 5.25. The molecule has 0 unspecified atom stereocenters. The minimum absolute atomic E-state index is 0.0488. The molecule has 5 rings (SSSR count). The van der Waals surface area contributed by atoms with E-state index >= 15 is 0 Å². The number of amides is 1. The first kappa shape index (κ1) is 24.4. The number of benzene rings is 3. The molecule has 0 N–H and O–H groups in total. The van der Waals surface area contributed by atoms with Crippen molar-refractivity contribution in [1.29, 1.82) is 0 Å². The number of aryl methyl sites for hydroxylation is 2. The van der Waals surface area contributed by atoms with E-state index < -0.39 is 5.63 Å². The molecular formula is C30H29NO6. The van der Waals surface area contributed by atoms with E-state index in [9.17, 15) is 9.59 Å². The Morgan fingerprint density at radius 2 is 1.73 bits per heavy atom. The molecule has 2 heterocycles. The number of fused-ring (bicyclic) bond motifs is 2. The third-order valence-electron chi connectivity index (χ3n) is 6.97. The number of carbonyl (C=O) groups excluding carboxylic acids is 1. The Hall–Kier alpha value is -4.26. The van der Waals surface area contributed by atoms with Gasteiger partial charge in [-0.15, -0.1) is 0 Å². The number of rotatable bonds is 6. The Morgan fingerprint density at radius 1 is 0.973 bits per heavy atom. The molecule has 0 bridgehead atoms. The predicted molar refractivity (Wildman–Crippen MR) is 141 cm³/mol. The fraction of sp³-hybridized carbons (Fsp3) is 0.267. The SMILES string of the molecule is COc1cc2c(cc1OC)[C@H](COc1ccc3c(C)cc(=O)oc3c1)N(C(=O)c1ccccc1C)CC2. The Morgan fingerprint density at radius 3 is 2.49 bits per heavy atom. The molecular weight excluding hydrogens is 470 g/mol. The fourth-order valence-electron chi connectivity index (χ4n) is 4.99. The van der Waals surface area contributed by atoms with Crippen molar-refractivity contribution in [1.82, 2.24) is 4.90 Å². The van der Waals surface area contributed by atoms with Crippen LogP contribution in [0.15, 0.2) is 69.9 Å². The van der Waals surface area contributed by atoms with Gasteiger partial charge in [0.25, 0.3) is 5.91 Å². The minimum Gasteiger partial charge on any atom is -0.493 e. The second-order valence-electron chi connectivity index (χ2n) is 9.20. The summed E-state index contributed by atoms with van der Waals surface area (Å²) in [5, 5.41) is 0.850. The molecule has 7 heteroatoms. The maximum Gasteiger partial charge on any atom is 0.336 e. The van der Waals surface area contributed by atoms with Crippen LogP contribution in [0.4, 0.5) is 0 Å². The van der Waals surface area contributed by atoms with Gasteiger partial charge in [0.05, 0.1) is 20.3 Å². The lowest BCUT2D eigenvalue weighted by molar-refractivity contribution is 0.0588. The van der Waals surface area contributed by atoms with E-state index in [1.54, 1.807) is 20.3 Å². The number of carbonyl (C=O) groups is 1. The van der Waals surface area contributed by atoms with Gasteiger partial charge in [-0.25, -0.2) is 4.79 Å². The summed E-state index contributed by atoms with van der Waals surface area (Å²) in [7, 11) is 3.21. The van der Waals surface area contributed by atoms with Gasteiger partial charge in [0.1, 0.15) is 17.9 Å². The van der Waals surface area contributed by atoms with Crippen LogP contribution >= 0.6 is 0 Å². The molecule has 3 aromatic carbocycles. The summed E-state index contributed by atoms with van der Waals surface area (Å²) in [6.07, 6.45) is 0.685. The molecule has 1 atom stereocenters. The van der Waals surface area contributed by atoms with Crippen LogP contribution in [0.5, 0.6) is 17.2 Å². The molecule has 0 radical (unpaired) electrons. The largest absolute Gasteiger partial charge is 0.493 e. The molecule has 1 aromatic heterocycles. The zero-order valence-electron chi connectivity index (χ0n) is 21.4. The van der Waals surface area contributed by atoms with E-state index in [0.717, 1.165) is 27.6 Å². The second kappa shape index (κ2) is 10.0. The summed E-state index contributed by atoms with van der Waals surface area (Å²) in [4.78, 5) is 27.5. The topological polar surface area (TPSA) is 78.2 Å². The van der Waals surface area contributed by atoms with Crippen molar-refractivity contribution >= 4 is 16.9 Å². The third kappa shape index (κ3) is 4.65. The fourth-order valence-corrected chi connectivity index (χ4v) is 4.99. The second-order valence-corrected chi connectivity index (χ2v) is 9.20. The zero-order valence-corrected chi connectivity index (χ0v) is 21.4. The number of methoxy groups -OCH3 is 2. The average molecular weight is 500 g/mol. The van der Waals surface area contributed by atoms with Gasteiger partial charge in [-0.05, 0) is 72.9 Å². The minimum atomic E-state index is -0.403. The first-order valence-corrected chi connectivity index (χ1v) is 12.2. The zero-order chi connectivity index (χ0) is 26.1. The van der Waals surface area contributed by atoms with Crippen molar-refractivity contribution in [3.63, 3.8) is 0 Å². The van der Waals surface area contributed by atoms with Crippen molar-refractivity contribution < 1.29 is 23.4 Å². The molecule has 37 heavy (non-hydrogen) atoms. The summed E-state index contributed by atoms with van der Waals surface area (Å²) in [5.74, 6) is 1.75. The highest BCUT2D eigenvalue weighted by atomic mass is 16.5. The molecule has 190 valence electrons. The summed E-state index contributed by atoms with van der Waals surface area (Å²) in [5.41, 5.74) is 4.53. The van der Waals surface area contributed by atoms with Gasteiger partial charge < -0.3 is 23.5 Å². The monoisotopic (exact) mass is 499 g/mol. The lowest BCUT2D eigenvalue weighted by atomic mass is 9.91. The van der Waals surface area contributed by atoms with Crippen LogP contribution in [0.3, 0.4) is 0 Å². The molecule has 0 fully saturated rings. The van der Waals surface area contributed by atoms with Crippen LogP contribution in [0, 0.1) is 13.8 Å². The molecule has 0 saturated heterocycles. The molecule has 1 aliphatic rings. The molecule has 4 aromatic rings. The number of hydrogen-bond donors (Lipinski definition) is 0. The van der Waals surface area contributed by atoms with Gasteiger partial charge in [0, 0.05) is 29.6 Å². The van der Waals surface area contributed by atoms with Crippen LogP contribution in [-0.2, 0) is 6.42 Å². The Balaban J connectivity index is 1.53. The van der Waals surface area contributed by atoms with E-state index in [0.29, 0.717) is 41.4 Å². The van der Waals surface area contributed by atoms with Crippen LogP contribution in [0.25, 0.3) is 11.0 Å². The molecule has 1 amide bonds. The first-order chi connectivity index (χ1) is 17.9. The van der Waals surface area contributed by atoms with E-state index in [-0.39, 0.29) is 18.6 Å². The number of nitrogens with zero attached hydrogens (tertiary/aromatic N) is 1. The van der Waals surface area contributed by atoms with Crippen LogP contribution in [0.2, 0.25) is 0 Å². The molecule has 0 spiro atoms. The van der Waals surface area contributed by atoms with Gasteiger partial charge in [0.15, 0.2) is 11.5 Å². The van der Waals surface area contributed by atoms with Gasteiger partial charge in [-0.2, -0.15) is 0 Å². The smallest absolute Gasteiger partial charge is 0.336 e. The van der Waals surface area contributed by atoms with Gasteiger partial charge in [-0.1, -0.05) is 18.2 Å². The van der Waals surface area contributed by atoms with Crippen molar-refractivity contribution in [3.8, 4) is 17.2 Å². The number of ether oxygens (including phenoxy) is 3. The lowest BCUT2D eigenvalue weighted by Crippen LogP contribution is -2.42. The van der Waals surface area contributed by atoms with Crippen molar-refractivity contribution in [2.75, 3.05) is 27.4 Å². The quantitative estimate of drug-likeness (QED) is 0.338. The van der Waals surface area contributed by atoms with E-state index in [1.807, 2.05) is 67.3 Å². The highest BCUT2D eigenvalue weighted by molar-refractivity contribution is 5.96. The molecule has 1 aliphatic heterocycles. The molecule has 0 aliphatic carbocycles. The van der Waals surface area contributed by atoms with Crippen molar-refractivity contribution in [3.05, 3.63) is 98.9 Å². The normalized spacial score (nSPS) is 14.8. The average Bonchev–Trinajstić information content (AvgIpc) is 2.90. The van der Waals surface area contributed by atoms with Crippen molar-refractivity contribution in [2.24, 2.45) is 0 Å². The van der Waals surface area contributed by atoms with Gasteiger partial charge in [-0.3, -0.25) is 4.79 Å². The summed E-state index contributed by atoms with van der Waals surface area (Å²) in [6.45, 7) is 4.56. The van der Waals surface area contributed by atoms with Crippen LogP contribution < -0.4 is 19.8 Å². The summed E-state index contributed by atoms with van der Waals surface area (Å²) < 4.78 is 22.7. The van der Waals surface area contributed by atoms with E-state index in [2.05, 4.69) is 0 Å². The number of hydrogen-bond acceptors (Lipinski definition) is 6. The maximum absolute atomic E-state index is 13.7. The third-order valence-corrected chi connectivity index (χ3v) is 6.97. The maximum atomic E-state index is 13.7. The Bertz CT molecular complexity index is 1540. The Kier molecular flexibility index (Phi) is 6.61. The van der Waals surface area contributed by atoms with Crippen LogP contribution in [-0.4, -0.2) is 38.2 Å². The van der Waals surface area contributed by atoms with Crippen LogP contribution in [0.1, 0.15) is 38.7 Å². The van der Waals surface area contributed by atoms with Crippen molar-refractivity contribution in [2.45, 2.75) is 26.3 Å². The van der Waals surface area contributed by atoms with Gasteiger partial charge >= 0.3 is 5.63 Å². The summed E-state index contributed by atoms with van der Waals surface area (Å²) in [6, 6.07) is 18.1. The van der Waals surface area contributed by atoms with Gasteiger partial charge in [0.2, 0.25) is 0 Å². The standard InChI is InChI=1S/C30H29NO6/c1-18-7-5-6-8-23(18)30(33)31-12-11-20-14-27(34-3)28(35-4)16-24(20)25(31)17-36-21-9-10-22-19(2)13-29(32)37-26(22)15-21/h5-10,13-16,25H,11-12,17H2,1-4H3/t25-/m0/s1. The molecule has 0 saturated carbocycles. The molecule has 7 nitrogen and oxygen atoms in total. The summed E-state index contributed by atoms with van der Waals surface area (Å²) >= 11 is 0. The highest BCUT2D eigenvalue weighted by Gasteiger charge is 2.34. The Labute approximate surface area is 215 Å². The lowest BCUT2D eigenvalue weighted by Gasteiger charge is -2.38.